The first-order valence-corrected chi connectivity index (χ1v) is 13.0. The van der Waals surface area contributed by atoms with E-state index in [-0.39, 0.29) is 11.2 Å². The zero-order chi connectivity index (χ0) is 20.9. The summed E-state index contributed by atoms with van der Waals surface area (Å²) in [4.78, 5) is 0.391. The number of piperidine rings is 1. The van der Waals surface area contributed by atoms with Crippen LogP contribution in [0.15, 0.2) is 4.90 Å². The highest BCUT2D eigenvalue weighted by atomic mass is 32.2. The van der Waals surface area contributed by atoms with E-state index < -0.39 is 20.0 Å². The van der Waals surface area contributed by atoms with E-state index in [0.717, 1.165) is 40.7 Å². The Bertz CT molecular complexity index is 943. The first-order valence-electron chi connectivity index (χ1n) is 10.0. The Hall–Kier alpha value is -0.960. The number of nitrogens with zero attached hydrogens (tertiary/aromatic N) is 1. The molecule has 2 aliphatic rings. The minimum atomic E-state index is -3.61. The largest absolute Gasteiger partial charge is 0.241 e. The van der Waals surface area contributed by atoms with Crippen LogP contribution < -0.4 is 4.72 Å². The maximum Gasteiger partial charge on any atom is 0.241 e. The molecular weight excluding hydrogens is 396 g/mol. The summed E-state index contributed by atoms with van der Waals surface area (Å²) in [6.45, 7) is 11.0. The van der Waals surface area contributed by atoms with E-state index in [4.69, 9.17) is 0 Å². The molecule has 8 heteroatoms. The van der Waals surface area contributed by atoms with Gasteiger partial charge in [0.25, 0.3) is 0 Å². The van der Waals surface area contributed by atoms with Crippen LogP contribution >= 0.6 is 0 Å². The number of sulfonamides is 2. The molecule has 0 amide bonds. The fraction of sp³-hybridized carbons (Fsp3) is 0.700. The van der Waals surface area contributed by atoms with Crippen molar-refractivity contribution >= 4 is 20.0 Å². The van der Waals surface area contributed by atoms with E-state index in [1.54, 1.807) is 4.31 Å². The average molecular weight is 429 g/mol. The normalized spacial score (nSPS) is 19.9. The van der Waals surface area contributed by atoms with Crippen LogP contribution in [0.2, 0.25) is 0 Å². The number of hydrogen-bond acceptors (Lipinski definition) is 4. The second-order valence-corrected chi connectivity index (χ2v) is 12.3. The highest BCUT2D eigenvalue weighted by Crippen LogP contribution is 2.33. The molecule has 0 radical (unpaired) electrons. The van der Waals surface area contributed by atoms with Crippen LogP contribution in [-0.4, -0.2) is 46.0 Å². The van der Waals surface area contributed by atoms with Crippen molar-refractivity contribution in [3.63, 3.8) is 0 Å². The lowest BCUT2D eigenvalue weighted by Crippen LogP contribution is -2.42. The quantitative estimate of drug-likeness (QED) is 0.755. The van der Waals surface area contributed by atoms with Gasteiger partial charge in [-0.2, -0.15) is 0 Å². The Morgan fingerprint density at radius 3 is 1.71 bits per heavy atom. The Labute approximate surface area is 169 Å². The third kappa shape index (κ3) is 4.01. The van der Waals surface area contributed by atoms with Crippen LogP contribution in [0.4, 0.5) is 0 Å². The summed E-state index contributed by atoms with van der Waals surface area (Å²) in [6.07, 6.45) is 2.93. The first kappa shape index (κ1) is 21.7. The van der Waals surface area contributed by atoms with Gasteiger partial charge in [0.15, 0.2) is 0 Å². The minimum Gasteiger partial charge on any atom is -0.212 e. The number of nitrogens with one attached hydrogen (secondary N) is 1. The lowest BCUT2D eigenvalue weighted by Gasteiger charge is -2.31. The molecule has 1 heterocycles. The molecule has 1 saturated carbocycles. The Morgan fingerprint density at radius 1 is 0.786 bits per heavy atom. The van der Waals surface area contributed by atoms with Gasteiger partial charge >= 0.3 is 0 Å². The maximum absolute atomic E-state index is 13.0. The van der Waals surface area contributed by atoms with Crippen molar-refractivity contribution in [1.82, 2.24) is 9.03 Å². The van der Waals surface area contributed by atoms with Gasteiger partial charge in [-0.25, -0.2) is 25.9 Å². The Balaban J connectivity index is 1.67. The van der Waals surface area contributed by atoms with E-state index in [2.05, 4.69) is 4.72 Å². The zero-order valence-corrected chi connectivity index (χ0v) is 19.1. The molecule has 1 saturated heterocycles. The molecule has 0 aromatic heterocycles. The van der Waals surface area contributed by atoms with Crippen molar-refractivity contribution in [3.05, 3.63) is 27.8 Å². The van der Waals surface area contributed by atoms with Gasteiger partial charge in [-0.15, -0.1) is 0 Å². The molecule has 0 atom stereocenters. The molecule has 6 nitrogen and oxygen atoms in total. The fourth-order valence-electron chi connectivity index (χ4n) is 4.11. The number of hydrogen-bond donors (Lipinski definition) is 1. The monoisotopic (exact) mass is 428 g/mol. The number of benzene rings is 1. The first-order chi connectivity index (χ1) is 13.0. The van der Waals surface area contributed by atoms with E-state index in [1.165, 1.54) is 0 Å². The van der Waals surface area contributed by atoms with Crippen LogP contribution in [0.1, 0.15) is 53.5 Å². The Morgan fingerprint density at radius 2 is 1.25 bits per heavy atom. The van der Waals surface area contributed by atoms with Gasteiger partial charge in [0.1, 0.15) is 0 Å². The number of rotatable bonds is 6. The standard InChI is InChI=1S/C20H32N2O4S2/c1-13-14(2)16(4)20(17(5)15(13)3)27(23,24)21-12-18-8-10-22(11-9-18)28(25,26)19-6-7-19/h18-19,21H,6-12H2,1-5H3. The smallest absolute Gasteiger partial charge is 0.212 e. The second-order valence-electron chi connectivity index (χ2n) is 8.39. The van der Waals surface area contributed by atoms with Crippen molar-refractivity contribution in [2.45, 2.75) is 70.4 Å². The lowest BCUT2D eigenvalue weighted by atomic mass is 9.95. The third-order valence-electron chi connectivity index (χ3n) is 6.64. The van der Waals surface area contributed by atoms with Crippen LogP contribution in [0, 0.1) is 40.5 Å². The summed E-state index contributed by atoms with van der Waals surface area (Å²) in [6, 6.07) is 0. The molecule has 0 bridgehead atoms. The maximum atomic E-state index is 13.0. The molecule has 0 spiro atoms. The zero-order valence-electron chi connectivity index (χ0n) is 17.5. The van der Waals surface area contributed by atoms with E-state index in [0.29, 0.717) is 37.4 Å². The molecule has 0 unspecified atom stereocenters. The molecule has 28 heavy (non-hydrogen) atoms. The average Bonchev–Trinajstić information content (AvgIpc) is 3.49. The van der Waals surface area contributed by atoms with Crippen LogP contribution in [-0.2, 0) is 20.0 Å². The van der Waals surface area contributed by atoms with Gasteiger partial charge in [-0.05, 0) is 94.0 Å². The van der Waals surface area contributed by atoms with Crippen LogP contribution in [0.25, 0.3) is 0 Å². The summed E-state index contributed by atoms with van der Waals surface area (Å²) < 4.78 is 55.1. The van der Waals surface area contributed by atoms with Gasteiger partial charge < -0.3 is 0 Å². The Kier molecular flexibility index (Phi) is 5.98. The van der Waals surface area contributed by atoms with Crippen LogP contribution in [0.3, 0.4) is 0 Å². The molecule has 1 N–H and O–H groups in total. The van der Waals surface area contributed by atoms with Crippen molar-refractivity contribution in [2.24, 2.45) is 5.92 Å². The van der Waals surface area contributed by atoms with Gasteiger partial charge in [-0.1, -0.05) is 0 Å². The molecule has 1 aromatic rings. The highest BCUT2D eigenvalue weighted by Gasteiger charge is 2.41. The van der Waals surface area contributed by atoms with Gasteiger partial charge in [0, 0.05) is 19.6 Å². The van der Waals surface area contributed by atoms with E-state index in [9.17, 15) is 16.8 Å². The molecule has 1 aliphatic heterocycles. The SMILES string of the molecule is Cc1c(C)c(C)c(S(=O)(=O)NCC2CCN(S(=O)(=O)C3CC3)CC2)c(C)c1C. The lowest BCUT2D eigenvalue weighted by molar-refractivity contribution is 0.274. The van der Waals surface area contributed by atoms with Crippen molar-refractivity contribution in [1.29, 1.82) is 0 Å². The summed E-state index contributed by atoms with van der Waals surface area (Å²) >= 11 is 0. The van der Waals surface area contributed by atoms with E-state index in [1.807, 2.05) is 34.6 Å². The second kappa shape index (κ2) is 7.70. The van der Waals surface area contributed by atoms with E-state index >= 15 is 0 Å². The fourth-order valence-corrected chi connectivity index (χ4v) is 7.70. The van der Waals surface area contributed by atoms with Gasteiger partial charge in [0.2, 0.25) is 20.0 Å². The predicted octanol–water partition coefficient (Wildman–Crippen LogP) is 2.71. The summed E-state index contributed by atoms with van der Waals surface area (Å²) in [5.74, 6) is 0.161. The molecule has 158 valence electrons. The van der Waals surface area contributed by atoms with Crippen LogP contribution in [0.5, 0.6) is 0 Å². The molecule has 1 aromatic carbocycles. The van der Waals surface area contributed by atoms with Crippen molar-refractivity contribution in [3.8, 4) is 0 Å². The van der Waals surface area contributed by atoms with Crippen molar-refractivity contribution < 1.29 is 16.8 Å². The topological polar surface area (TPSA) is 83.6 Å². The molecule has 2 fully saturated rings. The van der Waals surface area contributed by atoms with Gasteiger partial charge in [-0.3, -0.25) is 0 Å². The minimum absolute atomic E-state index is 0.161. The van der Waals surface area contributed by atoms with Crippen molar-refractivity contribution in [2.75, 3.05) is 19.6 Å². The molecular formula is C20H32N2O4S2. The predicted molar refractivity (Wildman–Crippen MR) is 112 cm³/mol. The molecule has 1 aliphatic carbocycles. The highest BCUT2D eigenvalue weighted by molar-refractivity contribution is 7.90. The van der Waals surface area contributed by atoms with Gasteiger partial charge in [0.05, 0.1) is 10.1 Å². The molecule has 3 rings (SSSR count). The summed E-state index contributed by atoms with van der Waals surface area (Å²) in [5.41, 5.74) is 4.78. The third-order valence-corrected chi connectivity index (χ3v) is 10.7. The summed E-state index contributed by atoms with van der Waals surface area (Å²) in [5, 5.41) is -0.179. The summed E-state index contributed by atoms with van der Waals surface area (Å²) in [7, 11) is -6.74.